The molecule has 0 aliphatic heterocycles. The molecule has 0 saturated carbocycles. The first-order valence-corrected chi connectivity index (χ1v) is 8.66. The van der Waals surface area contributed by atoms with Crippen LogP contribution in [0.2, 0.25) is 5.02 Å². The van der Waals surface area contributed by atoms with Crippen LogP contribution in [0.25, 0.3) is 5.69 Å². The maximum absolute atomic E-state index is 13.4. The molecule has 0 spiro atoms. The molecule has 0 unspecified atom stereocenters. The summed E-state index contributed by atoms with van der Waals surface area (Å²) in [5.74, 6) is -0.448. The van der Waals surface area contributed by atoms with Crippen molar-refractivity contribution in [2.24, 2.45) is 5.16 Å². The van der Waals surface area contributed by atoms with Gasteiger partial charge in [0.05, 0.1) is 22.9 Å². The lowest BCUT2D eigenvalue weighted by molar-refractivity contribution is 0.132. The molecule has 0 radical (unpaired) electrons. The SMILES string of the molecule is Cc1cc(/C=N\OCc2ccccc2C#N)c(C)n1-c1ccc(F)c(Cl)c1. The number of hydrogen-bond acceptors (Lipinski definition) is 3. The Morgan fingerprint density at radius 2 is 2.00 bits per heavy atom. The van der Waals surface area contributed by atoms with Crippen molar-refractivity contribution in [3.63, 3.8) is 0 Å². The molecular formula is C21H17ClFN3O. The van der Waals surface area contributed by atoms with Gasteiger partial charge in [-0.05, 0) is 44.2 Å². The van der Waals surface area contributed by atoms with E-state index in [4.69, 9.17) is 21.7 Å². The normalized spacial score (nSPS) is 10.9. The summed E-state index contributed by atoms with van der Waals surface area (Å²) in [6.07, 6.45) is 1.62. The van der Waals surface area contributed by atoms with Crippen molar-refractivity contribution in [3.8, 4) is 11.8 Å². The predicted molar refractivity (Wildman–Crippen MR) is 104 cm³/mol. The fraction of sp³-hybridized carbons (Fsp3) is 0.143. The fourth-order valence-corrected chi connectivity index (χ4v) is 3.07. The highest BCUT2D eigenvalue weighted by Crippen LogP contribution is 2.24. The number of oxime groups is 1. The third kappa shape index (κ3) is 4.02. The smallest absolute Gasteiger partial charge is 0.143 e. The number of rotatable bonds is 5. The summed E-state index contributed by atoms with van der Waals surface area (Å²) < 4.78 is 15.4. The van der Waals surface area contributed by atoms with E-state index in [1.54, 1.807) is 24.4 Å². The van der Waals surface area contributed by atoms with Gasteiger partial charge >= 0.3 is 0 Å². The topological polar surface area (TPSA) is 50.3 Å². The van der Waals surface area contributed by atoms with Gasteiger partial charge < -0.3 is 9.40 Å². The fourth-order valence-electron chi connectivity index (χ4n) is 2.90. The van der Waals surface area contributed by atoms with Gasteiger partial charge in [0.2, 0.25) is 0 Å². The first-order valence-electron chi connectivity index (χ1n) is 8.29. The van der Waals surface area contributed by atoms with Crippen molar-refractivity contribution in [2.45, 2.75) is 20.5 Å². The molecule has 0 N–H and O–H groups in total. The Morgan fingerprint density at radius 3 is 2.74 bits per heavy atom. The maximum atomic E-state index is 13.4. The van der Waals surface area contributed by atoms with Crippen LogP contribution in [-0.4, -0.2) is 10.8 Å². The van der Waals surface area contributed by atoms with Gasteiger partial charge in [0.15, 0.2) is 0 Å². The highest BCUT2D eigenvalue weighted by atomic mass is 35.5. The Balaban J connectivity index is 1.77. The number of halogens is 2. The zero-order chi connectivity index (χ0) is 19.4. The number of benzene rings is 2. The Morgan fingerprint density at radius 1 is 1.22 bits per heavy atom. The van der Waals surface area contributed by atoms with Crippen LogP contribution >= 0.6 is 11.6 Å². The summed E-state index contributed by atoms with van der Waals surface area (Å²) in [4.78, 5) is 5.35. The van der Waals surface area contributed by atoms with Crippen molar-refractivity contribution in [3.05, 3.63) is 87.4 Å². The van der Waals surface area contributed by atoms with Crippen molar-refractivity contribution in [1.82, 2.24) is 4.57 Å². The van der Waals surface area contributed by atoms with Crippen molar-refractivity contribution in [1.29, 1.82) is 5.26 Å². The molecule has 4 nitrogen and oxygen atoms in total. The number of nitriles is 1. The molecule has 1 heterocycles. The van der Waals surface area contributed by atoms with Crippen molar-refractivity contribution < 1.29 is 9.23 Å². The molecule has 0 saturated heterocycles. The van der Waals surface area contributed by atoms with E-state index in [1.807, 2.05) is 42.7 Å². The van der Waals surface area contributed by atoms with Crippen molar-refractivity contribution in [2.75, 3.05) is 0 Å². The lowest BCUT2D eigenvalue weighted by Crippen LogP contribution is -2.00. The molecule has 0 amide bonds. The van der Waals surface area contributed by atoms with Crippen LogP contribution in [-0.2, 0) is 11.4 Å². The summed E-state index contributed by atoms with van der Waals surface area (Å²) in [5.41, 5.74) is 4.90. The molecule has 0 aliphatic rings. The minimum atomic E-state index is -0.448. The molecule has 0 atom stereocenters. The van der Waals surface area contributed by atoms with E-state index in [1.165, 1.54) is 6.07 Å². The first-order chi connectivity index (χ1) is 13.0. The Bertz CT molecular complexity index is 1050. The Labute approximate surface area is 162 Å². The van der Waals surface area contributed by atoms with Gasteiger partial charge in [-0.2, -0.15) is 5.26 Å². The van der Waals surface area contributed by atoms with E-state index < -0.39 is 5.82 Å². The summed E-state index contributed by atoms with van der Waals surface area (Å²) in [6, 6.07) is 15.9. The maximum Gasteiger partial charge on any atom is 0.143 e. The van der Waals surface area contributed by atoms with Gasteiger partial charge in [0, 0.05) is 28.2 Å². The van der Waals surface area contributed by atoms with Crippen LogP contribution in [0, 0.1) is 31.0 Å². The predicted octanol–water partition coefficient (Wildman–Crippen LogP) is 5.31. The molecule has 0 bridgehead atoms. The highest BCUT2D eigenvalue weighted by molar-refractivity contribution is 6.30. The molecular weight excluding hydrogens is 365 g/mol. The number of nitrogens with zero attached hydrogens (tertiary/aromatic N) is 3. The molecule has 6 heteroatoms. The molecule has 1 aromatic heterocycles. The molecule has 3 rings (SSSR count). The third-order valence-electron chi connectivity index (χ3n) is 4.26. The van der Waals surface area contributed by atoms with E-state index in [-0.39, 0.29) is 11.6 Å². The minimum absolute atomic E-state index is 0.0784. The summed E-state index contributed by atoms with van der Waals surface area (Å²) in [7, 11) is 0. The number of aryl methyl sites for hydroxylation is 1. The molecule has 0 fully saturated rings. The first kappa shape index (κ1) is 18.7. The monoisotopic (exact) mass is 381 g/mol. The average Bonchev–Trinajstić information content (AvgIpc) is 2.95. The van der Waals surface area contributed by atoms with Gasteiger partial charge in [0.1, 0.15) is 12.4 Å². The van der Waals surface area contributed by atoms with Crippen LogP contribution in [0.3, 0.4) is 0 Å². The zero-order valence-corrected chi connectivity index (χ0v) is 15.7. The second-order valence-corrected chi connectivity index (χ2v) is 6.44. The minimum Gasteiger partial charge on any atom is -0.391 e. The van der Waals surface area contributed by atoms with Crippen LogP contribution in [0.4, 0.5) is 4.39 Å². The zero-order valence-electron chi connectivity index (χ0n) is 14.9. The highest BCUT2D eigenvalue weighted by Gasteiger charge is 2.11. The lowest BCUT2D eigenvalue weighted by Gasteiger charge is -2.10. The number of aromatic nitrogens is 1. The quantitative estimate of drug-likeness (QED) is 0.444. The second kappa shape index (κ2) is 8.07. The van der Waals surface area contributed by atoms with E-state index in [2.05, 4.69) is 11.2 Å². The van der Waals surface area contributed by atoms with Gasteiger partial charge in [-0.1, -0.05) is 35.0 Å². The van der Waals surface area contributed by atoms with Gasteiger partial charge in [0.25, 0.3) is 0 Å². The van der Waals surface area contributed by atoms with Crippen molar-refractivity contribution >= 4 is 17.8 Å². The molecule has 136 valence electrons. The summed E-state index contributed by atoms with van der Waals surface area (Å²) in [5, 5.41) is 13.2. The van der Waals surface area contributed by atoms with E-state index in [0.29, 0.717) is 5.56 Å². The molecule has 27 heavy (non-hydrogen) atoms. The largest absolute Gasteiger partial charge is 0.391 e. The lowest BCUT2D eigenvalue weighted by atomic mass is 10.1. The molecule has 2 aromatic carbocycles. The van der Waals surface area contributed by atoms with Gasteiger partial charge in [-0.25, -0.2) is 4.39 Å². The number of hydrogen-bond donors (Lipinski definition) is 0. The molecule has 0 aliphatic carbocycles. The second-order valence-electron chi connectivity index (χ2n) is 6.04. The van der Waals surface area contributed by atoms with Crippen LogP contribution in [0.15, 0.2) is 53.7 Å². The molecule has 3 aromatic rings. The Hall–Kier alpha value is -3.10. The van der Waals surface area contributed by atoms with E-state index in [9.17, 15) is 4.39 Å². The third-order valence-corrected chi connectivity index (χ3v) is 4.55. The average molecular weight is 382 g/mol. The summed E-state index contributed by atoms with van der Waals surface area (Å²) >= 11 is 5.90. The van der Waals surface area contributed by atoms with Crippen LogP contribution < -0.4 is 0 Å². The summed E-state index contributed by atoms with van der Waals surface area (Å²) in [6.45, 7) is 4.11. The van der Waals surface area contributed by atoms with Gasteiger partial charge in [-0.15, -0.1) is 0 Å². The van der Waals surface area contributed by atoms with E-state index in [0.717, 1.165) is 28.2 Å². The van der Waals surface area contributed by atoms with Crippen LogP contribution in [0.5, 0.6) is 0 Å². The van der Waals surface area contributed by atoms with E-state index >= 15 is 0 Å². The van der Waals surface area contributed by atoms with Crippen LogP contribution in [0.1, 0.15) is 28.1 Å². The standard InChI is InChI=1S/C21H17ClFN3O/c1-14-9-18(12-25-27-13-17-6-4-3-5-16(17)11-24)15(2)26(14)19-7-8-21(23)20(22)10-19/h3-10,12H,13H2,1-2H3/b25-12-. The van der Waals surface area contributed by atoms with Gasteiger partial charge in [-0.3, -0.25) is 0 Å². The Kier molecular flexibility index (Phi) is 5.58.